The first-order valence-corrected chi connectivity index (χ1v) is 9.06. The Kier molecular flexibility index (Phi) is 9.50. The molecule has 0 saturated heterocycles. The Morgan fingerprint density at radius 1 is 1.17 bits per heavy atom. The van der Waals surface area contributed by atoms with Crippen LogP contribution in [0.25, 0.3) is 0 Å². The van der Waals surface area contributed by atoms with Crippen LogP contribution in [0, 0.1) is 0 Å². The monoisotopic (exact) mass is 408 g/mol. The van der Waals surface area contributed by atoms with Crippen molar-refractivity contribution in [3.05, 3.63) is 42.5 Å². The van der Waals surface area contributed by atoms with Crippen LogP contribution in [0.4, 0.5) is 9.59 Å². The SMILES string of the molecule is C=CCOC(=O)NC(Cc1ccc(OCCNC(=O)OC(C)(C)C)cc1)C(=O)O. The summed E-state index contributed by atoms with van der Waals surface area (Å²) in [4.78, 5) is 34.4. The third-order valence-corrected chi connectivity index (χ3v) is 3.32. The van der Waals surface area contributed by atoms with E-state index >= 15 is 0 Å². The normalized spacial score (nSPS) is 11.7. The third-order valence-electron chi connectivity index (χ3n) is 3.32. The summed E-state index contributed by atoms with van der Waals surface area (Å²) in [6.45, 7) is 9.25. The minimum absolute atomic E-state index is 0.00695. The van der Waals surface area contributed by atoms with Crippen molar-refractivity contribution in [2.24, 2.45) is 0 Å². The van der Waals surface area contributed by atoms with Crippen LogP contribution in [0.15, 0.2) is 36.9 Å². The molecule has 0 spiro atoms. The van der Waals surface area contributed by atoms with Crippen LogP contribution < -0.4 is 15.4 Å². The topological polar surface area (TPSA) is 123 Å². The van der Waals surface area contributed by atoms with Crippen molar-refractivity contribution in [1.29, 1.82) is 0 Å². The van der Waals surface area contributed by atoms with Gasteiger partial charge in [-0.05, 0) is 38.5 Å². The molecule has 0 bridgehead atoms. The maximum Gasteiger partial charge on any atom is 0.408 e. The Morgan fingerprint density at radius 3 is 2.38 bits per heavy atom. The van der Waals surface area contributed by atoms with Crippen molar-refractivity contribution in [1.82, 2.24) is 10.6 Å². The van der Waals surface area contributed by atoms with Gasteiger partial charge in [0, 0.05) is 6.42 Å². The van der Waals surface area contributed by atoms with Crippen molar-refractivity contribution in [3.63, 3.8) is 0 Å². The number of carbonyl (C=O) groups excluding carboxylic acids is 2. The fourth-order valence-corrected chi connectivity index (χ4v) is 2.11. The number of carboxylic acids is 1. The molecule has 0 saturated carbocycles. The molecule has 1 unspecified atom stereocenters. The fourth-order valence-electron chi connectivity index (χ4n) is 2.11. The smallest absolute Gasteiger partial charge is 0.408 e. The third kappa shape index (κ3) is 10.6. The van der Waals surface area contributed by atoms with E-state index < -0.39 is 29.8 Å². The van der Waals surface area contributed by atoms with Gasteiger partial charge in [0.15, 0.2) is 0 Å². The average molecular weight is 408 g/mol. The van der Waals surface area contributed by atoms with E-state index in [9.17, 15) is 19.5 Å². The van der Waals surface area contributed by atoms with E-state index in [1.165, 1.54) is 6.08 Å². The summed E-state index contributed by atoms with van der Waals surface area (Å²) in [5.41, 5.74) is 0.131. The predicted octanol–water partition coefficient (Wildman–Crippen LogP) is 2.50. The molecule has 1 aromatic rings. The van der Waals surface area contributed by atoms with E-state index in [1.807, 2.05) is 0 Å². The number of rotatable bonds is 10. The van der Waals surface area contributed by atoms with E-state index in [4.69, 9.17) is 14.2 Å². The van der Waals surface area contributed by atoms with Gasteiger partial charge in [-0.3, -0.25) is 0 Å². The van der Waals surface area contributed by atoms with Gasteiger partial charge in [-0.1, -0.05) is 24.8 Å². The zero-order chi connectivity index (χ0) is 21.9. The van der Waals surface area contributed by atoms with Crippen molar-refractivity contribution in [3.8, 4) is 5.75 Å². The summed E-state index contributed by atoms with van der Waals surface area (Å²) in [6, 6.07) is 5.62. The molecule has 0 radical (unpaired) electrons. The number of carbonyl (C=O) groups is 3. The first-order chi connectivity index (χ1) is 13.6. The second-order valence-corrected chi connectivity index (χ2v) is 7.05. The Labute approximate surface area is 170 Å². The molecule has 0 aliphatic carbocycles. The number of amides is 2. The molecule has 3 N–H and O–H groups in total. The summed E-state index contributed by atoms with van der Waals surface area (Å²) < 4.78 is 15.4. The summed E-state index contributed by atoms with van der Waals surface area (Å²) in [5.74, 6) is -0.612. The van der Waals surface area contributed by atoms with Crippen LogP contribution >= 0.6 is 0 Å². The highest BCUT2D eigenvalue weighted by Crippen LogP contribution is 2.14. The lowest BCUT2D eigenvalue weighted by molar-refractivity contribution is -0.139. The van der Waals surface area contributed by atoms with E-state index in [0.717, 1.165) is 0 Å². The molecule has 0 fully saturated rings. The van der Waals surface area contributed by atoms with Crippen molar-refractivity contribution in [2.75, 3.05) is 19.8 Å². The maximum absolute atomic E-state index is 11.5. The van der Waals surface area contributed by atoms with E-state index in [0.29, 0.717) is 11.3 Å². The second-order valence-electron chi connectivity index (χ2n) is 7.05. The second kappa shape index (κ2) is 11.6. The average Bonchev–Trinajstić information content (AvgIpc) is 2.62. The highest BCUT2D eigenvalue weighted by Gasteiger charge is 2.21. The van der Waals surface area contributed by atoms with Gasteiger partial charge in [0.05, 0.1) is 6.54 Å². The van der Waals surface area contributed by atoms with Gasteiger partial charge in [0.1, 0.15) is 30.6 Å². The van der Waals surface area contributed by atoms with Gasteiger partial charge in [-0.2, -0.15) is 0 Å². The van der Waals surface area contributed by atoms with Crippen LogP contribution in [-0.4, -0.2) is 54.7 Å². The number of benzene rings is 1. The minimum Gasteiger partial charge on any atom is -0.492 e. The molecular weight excluding hydrogens is 380 g/mol. The minimum atomic E-state index is -1.17. The number of alkyl carbamates (subject to hydrolysis) is 2. The number of nitrogens with one attached hydrogen (secondary N) is 2. The first-order valence-electron chi connectivity index (χ1n) is 9.06. The number of hydrogen-bond acceptors (Lipinski definition) is 6. The first kappa shape index (κ1) is 23.8. The zero-order valence-electron chi connectivity index (χ0n) is 16.9. The van der Waals surface area contributed by atoms with Crippen LogP contribution in [0.3, 0.4) is 0 Å². The van der Waals surface area contributed by atoms with Gasteiger partial charge >= 0.3 is 18.2 Å². The molecule has 0 aliphatic heterocycles. The number of aliphatic carboxylic acids is 1. The zero-order valence-corrected chi connectivity index (χ0v) is 16.9. The standard InChI is InChI=1S/C20H28N2O7/c1-5-11-28-19(26)22-16(17(23)24)13-14-6-8-15(9-7-14)27-12-10-21-18(25)29-20(2,3)4/h5-9,16H,1,10-13H2,2-4H3,(H,21,25)(H,22,26)(H,23,24). The molecule has 160 valence electrons. The predicted molar refractivity (Wildman–Crippen MR) is 106 cm³/mol. The Bertz CT molecular complexity index is 696. The summed E-state index contributed by atoms with van der Waals surface area (Å²) in [7, 11) is 0. The molecule has 0 aliphatic rings. The van der Waals surface area contributed by atoms with Crippen LogP contribution in [0.5, 0.6) is 5.75 Å². The molecule has 2 amide bonds. The highest BCUT2D eigenvalue weighted by molar-refractivity contribution is 5.80. The van der Waals surface area contributed by atoms with Gasteiger partial charge in [0.25, 0.3) is 0 Å². The molecule has 29 heavy (non-hydrogen) atoms. The van der Waals surface area contributed by atoms with E-state index in [2.05, 4.69) is 17.2 Å². The van der Waals surface area contributed by atoms with E-state index in [-0.39, 0.29) is 26.2 Å². The molecule has 0 heterocycles. The van der Waals surface area contributed by atoms with Gasteiger partial charge in [-0.25, -0.2) is 14.4 Å². The maximum atomic E-state index is 11.5. The molecule has 0 aromatic heterocycles. The van der Waals surface area contributed by atoms with Gasteiger partial charge in [0.2, 0.25) is 0 Å². The lowest BCUT2D eigenvalue weighted by atomic mass is 10.1. The van der Waals surface area contributed by atoms with Crippen LogP contribution in [0.1, 0.15) is 26.3 Å². The van der Waals surface area contributed by atoms with Gasteiger partial charge < -0.3 is 30.0 Å². The summed E-state index contributed by atoms with van der Waals surface area (Å²) >= 11 is 0. The fraction of sp³-hybridized carbons (Fsp3) is 0.450. The van der Waals surface area contributed by atoms with E-state index in [1.54, 1.807) is 45.0 Å². The highest BCUT2D eigenvalue weighted by atomic mass is 16.6. The summed E-state index contributed by atoms with van der Waals surface area (Å²) in [5, 5.41) is 14.1. The largest absolute Gasteiger partial charge is 0.492 e. The van der Waals surface area contributed by atoms with Crippen LogP contribution in [-0.2, 0) is 20.7 Å². The molecule has 1 rings (SSSR count). The van der Waals surface area contributed by atoms with Crippen molar-refractivity contribution in [2.45, 2.75) is 38.8 Å². The number of ether oxygens (including phenoxy) is 3. The molecule has 1 aromatic carbocycles. The lowest BCUT2D eigenvalue weighted by Crippen LogP contribution is -2.42. The molecule has 9 nitrogen and oxygen atoms in total. The number of hydrogen-bond donors (Lipinski definition) is 3. The Hall–Kier alpha value is -3.23. The van der Waals surface area contributed by atoms with Crippen molar-refractivity contribution >= 4 is 18.2 Å². The summed E-state index contributed by atoms with van der Waals surface area (Å²) in [6.07, 6.45) is 0.126. The molecule has 1 atom stereocenters. The van der Waals surface area contributed by atoms with Crippen molar-refractivity contribution < 1.29 is 33.7 Å². The Balaban J connectivity index is 2.45. The quantitative estimate of drug-likeness (QED) is 0.401. The van der Waals surface area contributed by atoms with Gasteiger partial charge in [-0.15, -0.1) is 0 Å². The Morgan fingerprint density at radius 2 is 1.83 bits per heavy atom. The lowest BCUT2D eigenvalue weighted by Gasteiger charge is -2.19. The molecule has 9 heteroatoms. The number of carboxylic acid groups (broad SMARTS) is 1. The van der Waals surface area contributed by atoms with Crippen LogP contribution in [0.2, 0.25) is 0 Å². The molecular formula is C20H28N2O7.